The normalized spacial score (nSPS) is 15.4. The highest BCUT2D eigenvalue weighted by Gasteiger charge is 2.22. The first kappa shape index (κ1) is 22.8. The van der Waals surface area contributed by atoms with Gasteiger partial charge in [0, 0.05) is 10.9 Å². The van der Waals surface area contributed by atoms with E-state index in [1.165, 1.54) is 11.9 Å². The number of furan rings is 1. The number of hydrogen-bond donors (Lipinski definition) is 2. The van der Waals surface area contributed by atoms with Crippen molar-refractivity contribution in [2.45, 2.75) is 45.6 Å². The lowest BCUT2D eigenvalue weighted by atomic mass is 9.93. The van der Waals surface area contributed by atoms with Gasteiger partial charge in [0.25, 0.3) is 0 Å². The third-order valence-electron chi connectivity index (χ3n) is 4.25. The van der Waals surface area contributed by atoms with E-state index in [2.05, 4.69) is 28.2 Å². The Morgan fingerprint density at radius 3 is 2.71 bits per heavy atom. The average molecular weight is 440 g/mol. The molecule has 0 aliphatic heterocycles. The fourth-order valence-electron chi connectivity index (χ4n) is 3.05. The van der Waals surface area contributed by atoms with Crippen molar-refractivity contribution in [3.8, 4) is 0 Å². The number of aromatic nitrogens is 1. The molecular weight excluding hydrogens is 413 g/mol. The molecule has 1 unspecified atom stereocenters. The molecule has 0 saturated heterocycles. The van der Waals surface area contributed by atoms with Crippen LogP contribution in [0.3, 0.4) is 0 Å². The molecule has 152 valence electrons. The van der Waals surface area contributed by atoms with E-state index >= 15 is 0 Å². The van der Waals surface area contributed by atoms with Gasteiger partial charge in [0.15, 0.2) is 0 Å². The lowest BCUT2D eigenvalue weighted by Crippen LogP contribution is -1.98. The summed E-state index contributed by atoms with van der Waals surface area (Å²) in [5.74, 6) is 1.34. The van der Waals surface area contributed by atoms with Gasteiger partial charge < -0.3 is 15.5 Å². The summed E-state index contributed by atoms with van der Waals surface area (Å²) in [6, 6.07) is 5.67. The number of nitrogens with one attached hydrogen (secondary N) is 1. The minimum atomic E-state index is 0.444. The van der Waals surface area contributed by atoms with Crippen LogP contribution in [0, 0.1) is 0 Å². The minimum absolute atomic E-state index is 0.444. The predicted octanol–water partition coefficient (Wildman–Crippen LogP) is 7.23. The largest absolute Gasteiger partial charge is 0.467 e. The van der Waals surface area contributed by atoms with Crippen LogP contribution in [0.5, 0.6) is 0 Å². The quantitative estimate of drug-likeness (QED) is 0.332. The molecule has 0 radical (unpaired) electrons. The smallest absolute Gasteiger partial charge is 0.131 e. The average Bonchev–Trinajstić information content (AvgIpc) is 3.38. The number of rotatable bonds is 4. The summed E-state index contributed by atoms with van der Waals surface area (Å²) in [5, 5.41) is 4.59. The zero-order chi connectivity index (χ0) is 20.5. The molecular formula is C21H27Cl2N3OS. The fraction of sp³-hybridized carbons (Fsp3) is 0.381. The molecule has 28 heavy (non-hydrogen) atoms. The summed E-state index contributed by atoms with van der Waals surface area (Å²) in [7, 11) is 1.50. The van der Waals surface area contributed by atoms with Crippen LogP contribution in [0.2, 0.25) is 10.2 Å². The van der Waals surface area contributed by atoms with Gasteiger partial charge in [-0.3, -0.25) is 0 Å². The number of anilines is 1. The van der Waals surface area contributed by atoms with Gasteiger partial charge in [-0.1, -0.05) is 49.2 Å². The summed E-state index contributed by atoms with van der Waals surface area (Å²) in [4.78, 5) is 5.67. The van der Waals surface area contributed by atoms with Crippen LogP contribution < -0.4 is 11.1 Å². The maximum atomic E-state index is 6.65. The molecule has 0 saturated carbocycles. The zero-order valence-electron chi connectivity index (χ0n) is 16.5. The molecule has 0 spiro atoms. The van der Waals surface area contributed by atoms with Crippen molar-refractivity contribution in [3.05, 3.63) is 57.4 Å². The van der Waals surface area contributed by atoms with Crippen LogP contribution in [0.1, 0.15) is 49.7 Å². The van der Waals surface area contributed by atoms with Crippen LogP contribution in [-0.2, 0) is 6.54 Å². The number of fused-ring (bicyclic) bond motifs is 1. The lowest BCUT2D eigenvalue weighted by Gasteiger charge is -2.16. The second kappa shape index (κ2) is 11.5. The van der Waals surface area contributed by atoms with Gasteiger partial charge in [-0.15, -0.1) is 11.3 Å². The Kier molecular flexibility index (Phi) is 9.32. The molecule has 0 aromatic carbocycles. The summed E-state index contributed by atoms with van der Waals surface area (Å²) in [6.07, 6.45) is 9.42. The first-order valence-corrected chi connectivity index (χ1v) is 11.1. The maximum absolute atomic E-state index is 6.65. The first-order chi connectivity index (χ1) is 13.7. The topological polar surface area (TPSA) is 64.1 Å². The summed E-state index contributed by atoms with van der Waals surface area (Å²) >= 11 is 14.6. The Labute approximate surface area is 180 Å². The van der Waals surface area contributed by atoms with E-state index in [0.717, 1.165) is 45.9 Å². The van der Waals surface area contributed by atoms with Crippen LogP contribution in [0.15, 0.2) is 41.0 Å². The number of hydrogen-bond acceptors (Lipinski definition) is 5. The van der Waals surface area contributed by atoms with Crippen LogP contribution in [-0.4, -0.2) is 12.0 Å². The Balaban J connectivity index is 0.000000660. The fourth-order valence-corrected chi connectivity index (χ4v) is 4.98. The van der Waals surface area contributed by atoms with Gasteiger partial charge >= 0.3 is 0 Å². The monoisotopic (exact) mass is 439 g/mol. The molecule has 0 fully saturated rings. The maximum Gasteiger partial charge on any atom is 0.131 e. The number of pyridine rings is 1. The second-order valence-electron chi connectivity index (χ2n) is 5.86. The second-order valence-corrected chi connectivity index (χ2v) is 7.68. The zero-order valence-corrected chi connectivity index (χ0v) is 18.8. The van der Waals surface area contributed by atoms with E-state index in [-0.39, 0.29) is 0 Å². The third kappa shape index (κ3) is 5.29. The SMILES string of the molecule is CC.CN.Clc1cc(NCc2ccco2)c2sc(C3CC=CCC3)c(Cl)c2n1. The van der Waals surface area contributed by atoms with Crippen molar-refractivity contribution in [1.82, 2.24) is 4.98 Å². The summed E-state index contributed by atoms with van der Waals surface area (Å²) in [6.45, 7) is 4.60. The number of allylic oxidation sites excluding steroid dienone is 2. The molecule has 0 bridgehead atoms. The lowest BCUT2D eigenvalue weighted by molar-refractivity contribution is 0.518. The highest BCUT2D eigenvalue weighted by molar-refractivity contribution is 7.20. The third-order valence-corrected chi connectivity index (χ3v) is 6.31. The molecule has 3 aromatic rings. The predicted molar refractivity (Wildman–Crippen MR) is 123 cm³/mol. The van der Waals surface area contributed by atoms with Crippen LogP contribution >= 0.6 is 34.5 Å². The molecule has 4 nitrogen and oxygen atoms in total. The van der Waals surface area contributed by atoms with Gasteiger partial charge in [0.1, 0.15) is 16.4 Å². The highest BCUT2D eigenvalue weighted by Crippen LogP contribution is 2.45. The van der Waals surface area contributed by atoms with Crippen LogP contribution in [0.25, 0.3) is 10.2 Å². The molecule has 4 rings (SSSR count). The minimum Gasteiger partial charge on any atom is -0.467 e. The summed E-state index contributed by atoms with van der Waals surface area (Å²) in [5.41, 5.74) is 6.24. The van der Waals surface area contributed by atoms with Gasteiger partial charge in [0.05, 0.1) is 28.2 Å². The Hall–Kier alpha value is -1.53. The number of nitrogens with zero attached hydrogens (tertiary/aromatic N) is 1. The van der Waals surface area contributed by atoms with Crippen molar-refractivity contribution < 1.29 is 4.42 Å². The van der Waals surface area contributed by atoms with Crippen LogP contribution in [0.4, 0.5) is 5.69 Å². The van der Waals surface area contributed by atoms with Crippen molar-refractivity contribution >= 4 is 50.4 Å². The number of halogens is 2. The van der Waals surface area contributed by atoms with Crippen molar-refractivity contribution in [2.24, 2.45) is 5.73 Å². The molecule has 3 heterocycles. The molecule has 1 aliphatic carbocycles. The number of thiophene rings is 1. The van der Waals surface area contributed by atoms with Gasteiger partial charge in [0.2, 0.25) is 0 Å². The van der Waals surface area contributed by atoms with Gasteiger partial charge in [-0.2, -0.15) is 0 Å². The Bertz CT molecular complexity index is 891. The van der Waals surface area contributed by atoms with E-state index in [1.54, 1.807) is 17.6 Å². The Morgan fingerprint density at radius 2 is 2.07 bits per heavy atom. The molecule has 7 heteroatoms. The van der Waals surface area contributed by atoms with Gasteiger partial charge in [-0.25, -0.2) is 4.98 Å². The van der Waals surface area contributed by atoms with E-state index in [0.29, 0.717) is 17.6 Å². The Morgan fingerprint density at radius 1 is 1.29 bits per heavy atom. The van der Waals surface area contributed by atoms with Crippen molar-refractivity contribution in [1.29, 1.82) is 0 Å². The van der Waals surface area contributed by atoms with E-state index in [4.69, 9.17) is 27.6 Å². The molecule has 3 N–H and O–H groups in total. The van der Waals surface area contributed by atoms with E-state index in [9.17, 15) is 0 Å². The van der Waals surface area contributed by atoms with E-state index in [1.807, 2.05) is 32.0 Å². The molecule has 0 amide bonds. The molecule has 1 atom stereocenters. The first-order valence-electron chi connectivity index (χ1n) is 9.50. The molecule has 3 aromatic heterocycles. The van der Waals surface area contributed by atoms with Crippen molar-refractivity contribution in [2.75, 3.05) is 12.4 Å². The highest BCUT2D eigenvalue weighted by atomic mass is 35.5. The van der Waals surface area contributed by atoms with Crippen molar-refractivity contribution in [3.63, 3.8) is 0 Å². The summed E-state index contributed by atoms with van der Waals surface area (Å²) < 4.78 is 6.44. The van der Waals surface area contributed by atoms with E-state index < -0.39 is 0 Å². The molecule has 1 aliphatic rings. The standard InChI is InChI=1S/C18H16Cl2N2OS.C2H6.CH5N/c19-14-9-13(21-10-12-7-4-8-23-12)18-16(22-14)15(20)17(24-18)11-5-2-1-3-6-11;2*1-2/h1-2,4,7-9,11H,3,5-6,10H2,(H,21,22);1-2H3;2H2,1H3. The van der Waals surface area contributed by atoms with Gasteiger partial charge in [-0.05, 0) is 44.4 Å². The number of nitrogens with two attached hydrogens (primary N) is 1.